The Labute approximate surface area is 216 Å². The molecule has 0 unspecified atom stereocenters. The summed E-state index contributed by atoms with van der Waals surface area (Å²) < 4.78 is 70.6. The van der Waals surface area contributed by atoms with Crippen molar-refractivity contribution in [2.75, 3.05) is 21.3 Å². The van der Waals surface area contributed by atoms with Crippen LogP contribution in [0.1, 0.15) is 62.7 Å². The number of carbonyl (C=O) groups excluding carboxylic acids is 1. The fourth-order valence-corrected chi connectivity index (χ4v) is 4.76. The van der Waals surface area contributed by atoms with Gasteiger partial charge in [-0.25, -0.2) is 4.79 Å². The standard InChI is InChI=1S/C28H35F3O6/c1-5-6-8-13-21-17-22(18-24(36-21)19-14-15-23(33-2)25(16-19)34-3)37-26(32)27(35-4,28(29,30)31)20-11-9-7-10-12-20/h7,9-12,14-16,21-22,24H,5-6,8,13,17-18H2,1-4H3/t21-,22+,24-,27-/m0/s1. The number of alkyl halides is 3. The first kappa shape index (κ1) is 28.8. The summed E-state index contributed by atoms with van der Waals surface area (Å²) in [5.74, 6) is -0.439. The van der Waals surface area contributed by atoms with Gasteiger partial charge in [0.05, 0.1) is 26.4 Å². The first-order valence-corrected chi connectivity index (χ1v) is 12.5. The third-order valence-corrected chi connectivity index (χ3v) is 6.72. The molecule has 0 saturated carbocycles. The van der Waals surface area contributed by atoms with Gasteiger partial charge in [-0.05, 0) is 24.1 Å². The Bertz CT molecular complexity index is 1010. The molecule has 1 heterocycles. The summed E-state index contributed by atoms with van der Waals surface area (Å²) in [6.45, 7) is 2.09. The number of esters is 1. The van der Waals surface area contributed by atoms with Gasteiger partial charge < -0.3 is 23.7 Å². The molecule has 0 aromatic heterocycles. The molecule has 0 spiro atoms. The maximum absolute atomic E-state index is 14.4. The van der Waals surface area contributed by atoms with Crippen molar-refractivity contribution in [1.82, 2.24) is 0 Å². The summed E-state index contributed by atoms with van der Waals surface area (Å²) in [7, 11) is 3.92. The number of hydrogen-bond donors (Lipinski definition) is 0. The van der Waals surface area contributed by atoms with E-state index >= 15 is 0 Å². The molecule has 2 aromatic rings. The van der Waals surface area contributed by atoms with Crippen LogP contribution in [0, 0.1) is 0 Å². The molecular weight excluding hydrogens is 489 g/mol. The minimum absolute atomic E-state index is 0.192. The van der Waals surface area contributed by atoms with Gasteiger partial charge in [0.15, 0.2) is 11.5 Å². The van der Waals surface area contributed by atoms with Crippen LogP contribution in [0.5, 0.6) is 11.5 Å². The number of ether oxygens (including phenoxy) is 5. The number of rotatable bonds is 11. The summed E-state index contributed by atoms with van der Waals surface area (Å²) in [6, 6.07) is 12.2. The third-order valence-electron chi connectivity index (χ3n) is 6.72. The molecular formula is C28H35F3O6. The van der Waals surface area contributed by atoms with E-state index in [0.29, 0.717) is 24.3 Å². The number of unbranched alkanes of at least 4 members (excludes halogenated alkanes) is 2. The van der Waals surface area contributed by atoms with Gasteiger partial charge in [0.1, 0.15) is 6.10 Å². The first-order chi connectivity index (χ1) is 17.7. The largest absolute Gasteiger partial charge is 0.493 e. The van der Waals surface area contributed by atoms with Gasteiger partial charge in [0, 0.05) is 25.5 Å². The zero-order valence-corrected chi connectivity index (χ0v) is 21.7. The average molecular weight is 525 g/mol. The molecule has 4 atom stereocenters. The maximum Gasteiger partial charge on any atom is 0.432 e. The lowest BCUT2D eigenvalue weighted by atomic mass is 9.91. The predicted molar refractivity (Wildman–Crippen MR) is 132 cm³/mol. The second-order valence-electron chi connectivity index (χ2n) is 9.10. The lowest BCUT2D eigenvalue weighted by Gasteiger charge is -2.38. The topological polar surface area (TPSA) is 63.2 Å². The molecule has 6 nitrogen and oxygen atoms in total. The van der Waals surface area contributed by atoms with Crippen LogP contribution in [0.15, 0.2) is 48.5 Å². The lowest BCUT2D eigenvalue weighted by Crippen LogP contribution is -2.53. The molecule has 0 amide bonds. The van der Waals surface area contributed by atoms with Crippen LogP contribution < -0.4 is 9.47 Å². The van der Waals surface area contributed by atoms with Gasteiger partial charge >= 0.3 is 12.1 Å². The van der Waals surface area contributed by atoms with E-state index in [9.17, 15) is 18.0 Å². The van der Waals surface area contributed by atoms with Crippen LogP contribution in [0.25, 0.3) is 0 Å². The van der Waals surface area contributed by atoms with E-state index in [4.69, 9.17) is 23.7 Å². The molecule has 0 aliphatic carbocycles. The molecule has 37 heavy (non-hydrogen) atoms. The molecule has 0 N–H and O–H groups in total. The Hall–Kier alpha value is -2.78. The highest BCUT2D eigenvalue weighted by molar-refractivity contribution is 5.82. The lowest BCUT2D eigenvalue weighted by molar-refractivity contribution is -0.280. The van der Waals surface area contributed by atoms with E-state index in [-0.39, 0.29) is 18.1 Å². The van der Waals surface area contributed by atoms with Gasteiger partial charge in [-0.2, -0.15) is 13.2 Å². The Kier molecular flexibility index (Phi) is 9.84. The van der Waals surface area contributed by atoms with E-state index in [1.54, 1.807) is 18.2 Å². The van der Waals surface area contributed by atoms with Crippen molar-refractivity contribution in [2.45, 2.75) is 75.5 Å². The van der Waals surface area contributed by atoms with Gasteiger partial charge in [-0.3, -0.25) is 0 Å². The van der Waals surface area contributed by atoms with Crippen LogP contribution in [0.2, 0.25) is 0 Å². The van der Waals surface area contributed by atoms with E-state index in [0.717, 1.165) is 31.9 Å². The Morgan fingerprint density at radius 2 is 1.68 bits per heavy atom. The van der Waals surface area contributed by atoms with Gasteiger partial charge in [-0.1, -0.05) is 62.6 Å². The molecule has 0 bridgehead atoms. The normalized spacial score (nSPS) is 21.6. The number of carbonyl (C=O) groups is 1. The second-order valence-corrected chi connectivity index (χ2v) is 9.10. The number of benzene rings is 2. The number of methoxy groups -OCH3 is 3. The van der Waals surface area contributed by atoms with Crippen molar-refractivity contribution in [1.29, 1.82) is 0 Å². The minimum Gasteiger partial charge on any atom is -0.493 e. The predicted octanol–water partition coefficient (Wildman–Crippen LogP) is 6.52. The SMILES string of the molecule is CCCCC[C@H]1C[C@@H](OC(=O)[C@@](OC)(c2ccccc2)C(F)(F)F)C[C@@H](c2ccc(OC)c(OC)c2)O1. The van der Waals surface area contributed by atoms with Gasteiger partial charge in [0.25, 0.3) is 5.60 Å². The molecule has 3 rings (SSSR count). The highest BCUT2D eigenvalue weighted by Gasteiger charge is 2.64. The van der Waals surface area contributed by atoms with Crippen LogP contribution in [0.4, 0.5) is 13.2 Å². The Morgan fingerprint density at radius 1 is 0.973 bits per heavy atom. The first-order valence-electron chi connectivity index (χ1n) is 12.5. The van der Waals surface area contributed by atoms with Crippen molar-refractivity contribution in [3.63, 3.8) is 0 Å². The zero-order valence-electron chi connectivity index (χ0n) is 21.7. The highest BCUT2D eigenvalue weighted by atomic mass is 19.4. The van der Waals surface area contributed by atoms with Gasteiger partial charge in [0.2, 0.25) is 0 Å². The molecule has 2 aromatic carbocycles. The quantitative estimate of drug-likeness (QED) is 0.246. The van der Waals surface area contributed by atoms with Crippen molar-refractivity contribution < 1.29 is 41.7 Å². The maximum atomic E-state index is 14.4. The van der Waals surface area contributed by atoms with Crippen molar-refractivity contribution in [2.24, 2.45) is 0 Å². The number of hydrogen-bond acceptors (Lipinski definition) is 6. The minimum atomic E-state index is -5.03. The van der Waals surface area contributed by atoms with E-state index in [2.05, 4.69) is 6.92 Å². The smallest absolute Gasteiger partial charge is 0.432 e. The van der Waals surface area contributed by atoms with Crippen LogP contribution >= 0.6 is 0 Å². The zero-order chi connectivity index (χ0) is 27.1. The monoisotopic (exact) mass is 524 g/mol. The Morgan fingerprint density at radius 3 is 2.27 bits per heavy atom. The summed E-state index contributed by atoms with van der Waals surface area (Å²) in [5, 5.41) is 0. The van der Waals surface area contributed by atoms with E-state index in [1.165, 1.54) is 38.5 Å². The molecule has 204 valence electrons. The molecule has 1 aliphatic rings. The van der Waals surface area contributed by atoms with Crippen molar-refractivity contribution in [3.8, 4) is 11.5 Å². The molecule has 9 heteroatoms. The third kappa shape index (κ3) is 6.38. The highest BCUT2D eigenvalue weighted by Crippen LogP contribution is 2.45. The second kappa shape index (κ2) is 12.6. The molecule has 0 radical (unpaired) electrons. The van der Waals surface area contributed by atoms with Crippen molar-refractivity contribution >= 4 is 5.97 Å². The van der Waals surface area contributed by atoms with E-state index in [1.807, 2.05) is 6.07 Å². The van der Waals surface area contributed by atoms with Crippen LogP contribution in [-0.2, 0) is 24.6 Å². The summed E-state index contributed by atoms with van der Waals surface area (Å²) in [6.07, 6.45) is -2.50. The average Bonchev–Trinajstić information content (AvgIpc) is 2.89. The molecule has 1 fully saturated rings. The Balaban J connectivity index is 1.90. The molecule has 1 aliphatic heterocycles. The summed E-state index contributed by atoms with van der Waals surface area (Å²) >= 11 is 0. The number of halogens is 3. The summed E-state index contributed by atoms with van der Waals surface area (Å²) in [4.78, 5) is 13.3. The van der Waals surface area contributed by atoms with Crippen LogP contribution in [-0.4, -0.2) is 45.7 Å². The van der Waals surface area contributed by atoms with Crippen molar-refractivity contribution in [3.05, 3.63) is 59.7 Å². The fourth-order valence-electron chi connectivity index (χ4n) is 4.76. The van der Waals surface area contributed by atoms with Crippen LogP contribution in [0.3, 0.4) is 0 Å². The summed E-state index contributed by atoms with van der Waals surface area (Å²) in [5.41, 5.74) is -2.81. The fraction of sp³-hybridized carbons (Fsp3) is 0.536. The van der Waals surface area contributed by atoms with Gasteiger partial charge in [-0.15, -0.1) is 0 Å². The molecule has 1 saturated heterocycles. The van der Waals surface area contributed by atoms with E-state index < -0.39 is 30.0 Å².